The Labute approximate surface area is 184 Å². The van der Waals surface area contributed by atoms with E-state index in [2.05, 4.69) is 38.2 Å². The van der Waals surface area contributed by atoms with E-state index in [4.69, 9.17) is 5.26 Å². The number of fused-ring (bicyclic) bond motifs is 1. The van der Waals surface area contributed by atoms with Gasteiger partial charge in [0.25, 0.3) is 0 Å². The predicted octanol–water partition coefficient (Wildman–Crippen LogP) is 5.38. The molecule has 0 aliphatic heterocycles. The van der Waals surface area contributed by atoms with Crippen molar-refractivity contribution in [2.24, 2.45) is 4.99 Å². The highest BCUT2D eigenvalue weighted by atomic mass is 32.1. The van der Waals surface area contributed by atoms with Gasteiger partial charge in [-0.25, -0.2) is 9.78 Å². The van der Waals surface area contributed by atoms with Crippen LogP contribution in [0.25, 0.3) is 27.0 Å². The zero-order chi connectivity index (χ0) is 22.4. The van der Waals surface area contributed by atoms with Crippen LogP contribution in [0.15, 0.2) is 53.8 Å². The summed E-state index contributed by atoms with van der Waals surface area (Å²) in [7, 11) is 0. The number of carbonyl (C=O) groups excluding carboxylic acids is 1. The summed E-state index contributed by atoms with van der Waals surface area (Å²) in [5, 5.41) is 15.0. The fraction of sp³-hybridized carbons (Fsp3) is 0.174. The van der Waals surface area contributed by atoms with Crippen molar-refractivity contribution in [3.63, 3.8) is 0 Å². The number of pyridine rings is 1. The van der Waals surface area contributed by atoms with Crippen LogP contribution in [0.4, 0.5) is 9.93 Å². The van der Waals surface area contributed by atoms with Gasteiger partial charge < -0.3 is 5.32 Å². The first-order valence-corrected chi connectivity index (χ1v) is 10.5. The minimum absolute atomic E-state index is 0.303. The summed E-state index contributed by atoms with van der Waals surface area (Å²) in [6.07, 6.45) is 5.27. The van der Waals surface area contributed by atoms with E-state index in [-0.39, 0.29) is 6.03 Å². The molecule has 0 aliphatic rings. The van der Waals surface area contributed by atoms with Gasteiger partial charge in [0, 0.05) is 30.2 Å². The number of nitrogens with one attached hydrogen (secondary N) is 2. The zero-order valence-corrected chi connectivity index (χ0v) is 18.4. The Kier molecular flexibility index (Phi) is 6.90. The lowest BCUT2D eigenvalue weighted by atomic mass is 10.0. The van der Waals surface area contributed by atoms with Crippen molar-refractivity contribution in [1.29, 1.82) is 5.26 Å². The second kappa shape index (κ2) is 9.78. The number of urea groups is 1. The van der Waals surface area contributed by atoms with E-state index in [9.17, 15) is 4.79 Å². The molecule has 0 spiro atoms. The number of allylic oxidation sites excluding steroid dienone is 3. The lowest BCUT2D eigenvalue weighted by Gasteiger charge is -2.08. The van der Waals surface area contributed by atoms with Crippen LogP contribution in [0.1, 0.15) is 31.9 Å². The molecule has 31 heavy (non-hydrogen) atoms. The average molecular weight is 431 g/mol. The molecule has 3 rings (SSSR count). The Morgan fingerprint density at radius 2 is 2.19 bits per heavy atom. The van der Waals surface area contributed by atoms with Gasteiger partial charge in [0.2, 0.25) is 0 Å². The third-order valence-electron chi connectivity index (χ3n) is 4.28. The minimum atomic E-state index is -0.303. The quantitative estimate of drug-likeness (QED) is 0.512. The molecule has 0 radical (unpaired) electrons. The molecule has 2 N–H and O–H groups in total. The largest absolute Gasteiger partial charge is 0.338 e. The SMILES string of the molecule is C=C(C)N=C/C(=C\C)c1cc(-c2ccc(C#N)cn2)c2sc(NC(=O)NCC)nc2c1. The molecule has 2 amide bonds. The van der Waals surface area contributed by atoms with Crippen LogP contribution in [-0.2, 0) is 0 Å². The number of hydrogen-bond donors (Lipinski definition) is 2. The highest BCUT2D eigenvalue weighted by Gasteiger charge is 2.15. The van der Waals surface area contributed by atoms with E-state index in [0.717, 1.165) is 26.9 Å². The number of hydrogen-bond acceptors (Lipinski definition) is 6. The van der Waals surface area contributed by atoms with Crippen molar-refractivity contribution < 1.29 is 4.79 Å². The first-order chi connectivity index (χ1) is 14.9. The fourth-order valence-corrected chi connectivity index (χ4v) is 3.82. The molecule has 0 saturated heterocycles. The summed E-state index contributed by atoms with van der Waals surface area (Å²) in [6.45, 7) is 9.96. The number of aliphatic imine (C=N–C) groups is 1. The summed E-state index contributed by atoms with van der Waals surface area (Å²) in [6, 6.07) is 9.30. The van der Waals surface area contributed by atoms with Crippen LogP contribution in [0.5, 0.6) is 0 Å². The van der Waals surface area contributed by atoms with Crippen LogP contribution in [0.2, 0.25) is 0 Å². The molecule has 0 atom stereocenters. The minimum Gasteiger partial charge on any atom is -0.338 e. The molecular formula is C23H22N6OS. The summed E-state index contributed by atoms with van der Waals surface area (Å²) in [5.41, 5.74) is 5.33. The molecular weight excluding hydrogens is 408 g/mol. The summed E-state index contributed by atoms with van der Waals surface area (Å²) < 4.78 is 0.889. The molecule has 7 nitrogen and oxygen atoms in total. The smallest absolute Gasteiger partial charge is 0.321 e. The summed E-state index contributed by atoms with van der Waals surface area (Å²) in [5.74, 6) is 0. The van der Waals surface area contributed by atoms with Crippen molar-refractivity contribution in [3.8, 4) is 17.3 Å². The Balaban J connectivity index is 2.16. The maximum absolute atomic E-state index is 12.0. The van der Waals surface area contributed by atoms with Crippen LogP contribution in [0.3, 0.4) is 0 Å². The molecule has 1 aromatic carbocycles. The predicted molar refractivity (Wildman–Crippen MR) is 127 cm³/mol. The molecule has 0 saturated carbocycles. The lowest BCUT2D eigenvalue weighted by Crippen LogP contribution is -2.28. The van der Waals surface area contributed by atoms with Gasteiger partial charge in [-0.3, -0.25) is 15.3 Å². The Morgan fingerprint density at radius 3 is 2.81 bits per heavy atom. The third-order valence-corrected chi connectivity index (χ3v) is 5.30. The standard InChI is InChI=1S/C23H22N6OS/c1-5-16(13-26-14(3)4)17-9-18(19-8-7-15(11-24)12-27-19)21-20(10-17)28-23(31-21)29-22(30)25-6-2/h5,7-10,12-13H,3,6H2,1-2,4H3,(H2,25,28,29,30)/b16-5+,26-13?. The first kappa shape index (κ1) is 21.9. The van der Waals surface area contributed by atoms with E-state index in [1.54, 1.807) is 18.5 Å². The first-order valence-electron chi connectivity index (χ1n) is 9.67. The van der Waals surface area contributed by atoms with Gasteiger partial charge in [-0.15, -0.1) is 0 Å². The number of rotatable bonds is 6. The Morgan fingerprint density at radius 1 is 1.39 bits per heavy atom. The molecule has 0 aliphatic carbocycles. The summed E-state index contributed by atoms with van der Waals surface area (Å²) >= 11 is 1.37. The van der Waals surface area contributed by atoms with Crippen LogP contribution in [0, 0.1) is 11.3 Å². The topological polar surface area (TPSA) is 103 Å². The van der Waals surface area contributed by atoms with Crippen molar-refractivity contribution >= 4 is 44.5 Å². The van der Waals surface area contributed by atoms with Gasteiger partial charge in [-0.05, 0) is 56.2 Å². The number of carbonyl (C=O) groups is 1. The zero-order valence-electron chi connectivity index (χ0n) is 17.6. The van der Waals surface area contributed by atoms with Gasteiger partial charge in [0.05, 0.1) is 21.5 Å². The highest BCUT2D eigenvalue weighted by Crippen LogP contribution is 2.37. The van der Waals surface area contributed by atoms with Crippen molar-refractivity contribution in [3.05, 3.63) is 59.9 Å². The van der Waals surface area contributed by atoms with E-state index in [0.29, 0.717) is 28.6 Å². The number of aromatic nitrogens is 2. The fourth-order valence-electron chi connectivity index (χ4n) is 2.86. The van der Waals surface area contributed by atoms with E-state index < -0.39 is 0 Å². The van der Waals surface area contributed by atoms with Gasteiger partial charge in [-0.1, -0.05) is 24.0 Å². The molecule has 2 aromatic heterocycles. The van der Waals surface area contributed by atoms with Gasteiger partial charge in [-0.2, -0.15) is 5.26 Å². The number of nitrogens with zero attached hydrogens (tertiary/aromatic N) is 4. The van der Waals surface area contributed by atoms with Gasteiger partial charge in [0.1, 0.15) is 6.07 Å². The monoisotopic (exact) mass is 430 g/mol. The number of benzene rings is 1. The van der Waals surface area contributed by atoms with E-state index >= 15 is 0 Å². The maximum atomic E-state index is 12.0. The summed E-state index contributed by atoms with van der Waals surface area (Å²) in [4.78, 5) is 25.3. The number of thiazole rings is 1. The molecule has 0 fully saturated rings. The van der Waals surface area contributed by atoms with E-state index in [1.807, 2.05) is 45.0 Å². The molecule has 156 valence electrons. The maximum Gasteiger partial charge on any atom is 0.321 e. The van der Waals surface area contributed by atoms with Crippen molar-refractivity contribution in [2.45, 2.75) is 20.8 Å². The lowest BCUT2D eigenvalue weighted by molar-refractivity contribution is 0.252. The van der Waals surface area contributed by atoms with Gasteiger partial charge in [0.15, 0.2) is 5.13 Å². The van der Waals surface area contributed by atoms with Crippen LogP contribution < -0.4 is 10.6 Å². The Hall–Kier alpha value is -3.83. The average Bonchev–Trinajstić information content (AvgIpc) is 3.15. The molecule has 2 heterocycles. The normalized spacial score (nSPS) is 11.5. The third kappa shape index (κ3) is 5.21. The van der Waals surface area contributed by atoms with Crippen molar-refractivity contribution in [2.75, 3.05) is 11.9 Å². The van der Waals surface area contributed by atoms with Crippen LogP contribution >= 0.6 is 11.3 Å². The highest BCUT2D eigenvalue weighted by molar-refractivity contribution is 7.22. The number of amides is 2. The second-order valence-electron chi connectivity index (χ2n) is 6.66. The van der Waals surface area contributed by atoms with Crippen LogP contribution in [-0.4, -0.2) is 28.8 Å². The number of anilines is 1. The van der Waals surface area contributed by atoms with Gasteiger partial charge >= 0.3 is 6.03 Å². The molecule has 3 aromatic rings. The van der Waals surface area contributed by atoms with Crippen molar-refractivity contribution in [1.82, 2.24) is 15.3 Å². The number of nitriles is 1. The molecule has 0 unspecified atom stereocenters. The molecule has 8 heteroatoms. The Bertz CT molecular complexity index is 1230. The van der Waals surface area contributed by atoms with E-state index in [1.165, 1.54) is 11.3 Å². The molecule has 0 bridgehead atoms. The second-order valence-corrected chi connectivity index (χ2v) is 7.66.